The Bertz CT molecular complexity index is 1150. The molecule has 2 heterocycles. The van der Waals surface area contributed by atoms with Gasteiger partial charge in [-0.1, -0.05) is 25.1 Å². The van der Waals surface area contributed by atoms with E-state index in [-0.39, 0.29) is 5.56 Å². The Hall–Kier alpha value is -2.74. The molecular formula is C25H29N3O3S. The molecule has 0 atom stereocenters. The number of nitrogens with one attached hydrogen (secondary N) is 1. The minimum atomic E-state index is -0.0791. The van der Waals surface area contributed by atoms with Crippen molar-refractivity contribution in [1.29, 1.82) is 0 Å². The standard InChI is InChI=1S/C25H29N3O3S/c1-3-21-17-32-24(27-21)16-31-23-8-10-28(25(29)14-23)22-7-6-19-12-18(4-5-20(19)13-22)15-26-9-11-30-2/h4-5,8,10,12-14,17,26H,3,6-7,9,11,15-16H2,1-2H3. The van der Waals surface area contributed by atoms with Gasteiger partial charge in [-0.3, -0.25) is 9.36 Å². The molecule has 0 radical (unpaired) electrons. The van der Waals surface area contributed by atoms with Gasteiger partial charge in [-0.15, -0.1) is 11.3 Å². The van der Waals surface area contributed by atoms with Crippen molar-refractivity contribution < 1.29 is 9.47 Å². The molecule has 2 aromatic heterocycles. The number of nitrogens with zero attached hydrogens (tertiary/aromatic N) is 2. The van der Waals surface area contributed by atoms with Crippen molar-refractivity contribution in [3.05, 3.63) is 79.7 Å². The fourth-order valence-corrected chi connectivity index (χ4v) is 4.54. The second-order valence-electron chi connectivity index (χ2n) is 7.78. The van der Waals surface area contributed by atoms with E-state index in [1.165, 1.54) is 16.7 Å². The van der Waals surface area contributed by atoms with Gasteiger partial charge in [-0.25, -0.2) is 4.98 Å². The van der Waals surface area contributed by atoms with Gasteiger partial charge < -0.3 is 14.8 Å². The van der Waals surface area contributed by atoms with E-state index in [0.717, 1.165) is 48.8 Å². The van der Waals surface area contributed by atoms with E-state index in [4.69, 9.17) is 9.47 Å². The van der Waals surface area contributed by atoms with Crippen molar-refractivity contribution in [1.82, 2.24) is 14.9 Å². The summed E-state index contributed by atoms with van der Waals surface area (Å²) in [6, 6.07) is 9.94. The third-order valence-electron chi connectivity index (χ3n) is 5.52. The lowest BCUT2D eigenvalue weighted by atomic mass is 9.93. The van der Waals surface area contributed by atoms with E-state index in [1.807, 2.05) is 17.6 Å². The highest BCUT2D eigenvalue weighted by Gasteiger charge is 2.14. The Morgan fingerprint density at radius 3 is 2.91 bits per heavy atom. The number of aryl methyl sites for hydroxylation is 2. The van der Waals surface area contributed by atoms with Crippen LogP contribution in [0.1, 0.15) is 40.7 Å². The van der Waals surface area contributed by atoms with Gasteiger partial charge in [0.1, 0.15) is 17.4 Å². The number of thiazole rings is 1. The van der Waals surface area contributed by atoms with Crippen molar-refractivity contribution in [2.24, 2.45) is 0 Å². The van der Waals surface area contributed by atoms with E-state index in [0.29, 0.717) is 19.0 Å². The molecule has 1 aromatic carbocycles. The Morgan fingerprint density at radius 1 is 1.22 bits per heavy atom. The summed E-state index contributed by atoms with van der Waals surface area (Å²) in [4.78, 5) is 17.3. The van der Waals surface area contributed by atoms with Gasteiger partial charge in [0.15, 0.2) is 0 Å². The first-order chi connectivity index (χ1) is 15.7. The van der Waals surface area contributed by atoms with Crippen LogP contribution in [0.3, 0.4) is 0 Å². The zero-order chi connectivity index (χ0) is 22.3. The second kappa shape index (κ2) is 10.7. The van der Waals surface area contributed by atoms with Crippen LogP contribution in [0.15, 0.2) is 46.7 Å². The number of rotatable bonds is 10. The SMILES string of the molecule is CCc1csc(COc2ccn(C3=Cc4ccc(CNCCOC)cc4CC3)c(=O)c2)n1. The minimum absolute atomic E-state index is 0.0791. The summed E-state index contributed by atoms with van der Waals surface area (Å²) in [6.45, 7) is 4.84. The van der Waals surface area contributed by atoms with Gasteiger partial charge in [0.05, 0.1) is 12.3 Å². The molecule has 1 aliphatic carbocycles. The number of benzene rings is 1. The molecule has 0 saturated heterocycles. The zero-order valence-corrected chi connectivity index (χ0v) is 19.4. The fraction of sp³-hybridized carbons (Fsp3) is 0.360. The Labute approximate surface area is 192 Å². The molecular weight excluding hydrogens is 422 g/mol. The first kappa shape index (κ1) is 22.5. The van der Waals surface area contributed by atoms with Crippen LogP contribution in [0.5, 0.6) is 5.75 Å². The van der Waals surface area contributed by atoms with Gasteiger partial charge in [-0.05, 0) is 48.1 Å². The van der Waals surface area contributed by atoms with E-state index >= 15 is 0 Å². The first-order valence-electron chi connectivity index (χ1n) is 11.0. The fourth-order valence-electron chi connectivity index (χ4n) is 3.75. The van der Waals surface area contributed by atoms with E-state index < -0.39 is 0 Å². The molecule has 1 N–H and O–H groups in total. The van der Waals surface area contributed by atoms with E-state index in [2.05, 4.69) is 41.5 Å². The molecule has 0 saturated carbocycles. The van der Waals surface area contributed by atoms with Crippen molar-refractivity contribution in [3.63, 3.8) is 0 Å². The summed E-state index contributed by atoms with van der Waals surface area (Å²) in [5.41, 5.74) is 5.76. The van der Waals surface area contributed by atoms with Gasteiger partial charge >= 0.3 is 0 Å². The lowest BCUT2D eigenvalue weighted by Crippen LogP contribution is -2.20. The second-order valence-corrected chi connectivity index (χ2v) is 8.73. The summed E-state index contributed by atoms with van der Waals surface area (Å²) in [7, 11) is 1.71. The molecule has 3 aromatic rings. The molecule has 0 unspecified atom stereocenters. The molecule has 0 bridgehead atoms. The molecule has 0 fully saturated rings. The van der Waals surface area contributed by atoms with E-state index in [1.54, 1.807) is 29.1 Å². The van der Waals surface area contributed by atoms with Crippen LogP contribution in [-0.2, 0) is 30.7 Å². The molecule has 0 spiro atoms. The van der Waals surface area contributed by atoms with Crippen LogP contribution in [0.2, 0.25) is 0 Å². The Kier molecular flexibility index (Phi) is 7.52. The van der Waals surface area contributed by atoms with Crippen LogP contribution >= 0.6 is 11.3 Å². The van der Waals surface area contributed by atoms with Gasteiger partial charge in [0.2, 0.25) is 0 Å². The maximum atomic E-state index is 12.7. The number of hydrogen-bond acceptors (Lipinski definition) is 6. The molecule has 0 amide bonds. The minimum Gasteiger partial charge on any atom is -0.486 e. The maximum Gasteiger partial charge on any atom is 0.258 e. The maximum absolute atomic E-state index is 12.7. The summed E-state index contributed by atoms with van der Waals surface area (Å²) in [5, 5.41) is 6.35. The third-order valence-corrected chi connectivity index (χ3v) is 6.39. The van der Waals surface area contributed by atoms with Crippen LogP contribution in [-0.4, -0.2) is 29.8 Å². The number of fused-ring (bicyclic) bond motifs is 1. The predicted octanol–water partition coefficient (Wildman–Crippen LogP) is 4.13. The number of aromatic nitrogens is 2. The lowest BCUT2D eigenvalue weighted by Gasteiger charge is -2.19. The molecule has 4 rings (SSSR count). The largest absolute Gasteiger partial charge is 0.486 e. The topological polar surface area (TPSA) is 65.4 Å². The van der Waals surface area contributed by atoms with Crippen molar-refractivity contribution in [2.75, 3.05) is 20.3 Å². The van der Waals surface area contributed by atoms with E-state index in [9.17, 15) is 4.79 Å². The van der Waals surface area contributed by atoms with Crippen LogP contribution in [0.25, 0.3) is 11.8 Å². The van der Waals surface area contributed by atoms with Crippen molar-refractivity contribution in [3.8, 4) is 5.75 Å². The van der Waals surface area contributed by atoms with Crippen molar-refractivity contribution >= 4 is 23.1 Å². The van der Waals surface area contributed by atoms with Gasteiger partial charge in [0.25, 0.3) is 5.56 Å². The number of methoxy groups -OCH3 is 1. The number of hydrogen-bond donors (Lipinski definition) is 1. The van der Waals surface area contributed by atoms with Gasteiger partial charge in [-0.2, -0.15) is 0 Å². The lowest BCUT2D eigenvalue weighted by molar-refractivity contribution is 0.199. The Morgan fingerprint density at radius 2 is 2.12 bits per heavy atom. The molecule has 6 nitrogen and oxygen atoms in total. The third kappa shape index (κ3) is 5.54. The van der Waals surface area contributed by atoms with Crippen LogP contribution in [0.4, 0.5) is 0 Å². The molecule has 7 heteroatoms. The zero-order valence-electron chi connectivity index (χ0n) is 18.6. The quantitative estimate of drug-likeness (QED) is 0.470. The predicted molar refractivity (Wildman–Crippen MR) is 129 cm³/mol. The van der Waals surface area contributed by atoms with Gasteiger partial charge in [0, 0.05) is 43.5 Å². The summed E-state index contributed by atoms with van der Waals surface area (Å²) in [5.74, 6) is 0.571. The molecule has 32 heavy (non-hydrogen) atoms. The monoisotopic (exact) mass is 451 g/mol. The smallest absolute Gasteiger partial charge is 0.258 e. The first-order valence-corrected chi connectivity index (χ1v) is 11.9. The average molecular weight is 452 g/mol. The number of pyridine rings is 1. The molecule has 1 aliphatic rings. The summed E-state index contributed by atoms with van der Waals surface area (Å²) < 4.78 is 12.6. The van der Waals surface area contributed by atoms with Crippen molar-refractivity contribution in [2.45, 2.75) is 39.3 Å². The highest BCUT2D eigenvalue weighted by Crippen LogP contribution is 2.27. The average Bonchev–Trinajstić information content (AvgIpc) is 3.28. The van der Waals surface area contributed by atoms with Crippen LogP contribution < -0.4 is 15.6 Å². The molecule has 0 aliphatic heterocycles. The number of ether oxygens (including phenoxy) is 2. The Balaban J connectivity index is 1.42. The normalized spacial score (nSPS) is 13.0. The molecule has 168 valence electrons. The summed E-state index contributed by atoms with van der Waals surface area (Å²) >= 11 is 1.59. The van der Waals surface area contributed by atoms with Crippen LogP contribution in [0, 0.1) is 0 Å². The number of allylic oxidation sites excluding steroid dienone is 1. The summed E-state index contributed by atoms with van der Waals surface area (Å²) in [6.07, 6.45) is 6.58. The highest BCUT2D eigenvalue weighted by atomic mass is 32.1. The highest BCUT2D eigenvalue weighted by molar-refractivity contribution is 7.09.